The predicted molar refractivity (Wildman–Crippen MR) is 125 cm³/mol. The lowest BCUT2D eigenvalue weighted by molar-refractivity contribution is -0.117. The number of thiophene rings is 1. The fraction of sp³-hybridized carbons (Fsp3) is 0.500. The average molecular weight is 479 g/mol. The first-order valence-corrected chi connectivity index (χ1v) is 13.2. The highest BCUT2D eigenvalue weighted by atomic mass is 32.2. The molecule has 0 radical (unpaired) electrons. The van der Waals surface area contributed by atoms with E-state index in [1.165, 1.54) is 9.18 Å². The summed E-state index contributed by atoms with van der Waals surface area (Å²) in [6, 6.07) is 9.29. The molecule has 1 N–H and O–H groups in total. The van der Waals surface area contributed by atoms with Crippen LogP contribution >= 0.6 is 11.3 Å². The van der Waals surface area contributed by atoms with E-state index in [4.69, 9.17) is 4.74 Å². The summed E-state index contributed by atoms with van der Waals surface area (Å²) >= 11 is 1.77. The quantitative estimate of drug-likeness (QED) is 0.654. The second-order valence-corrected chi connectivity index (χ2v) is 11.1. The van der Waals surface area contributed by atoms with Crippen molar-refractivity contribution in [2.24, 2.45) is 0 Å². The molecule has 8 nitrogen and oxygen atoms in total. The minimum absolute atomic E-state index is 0.129. The fourth-order valence-corrected chi connectivity index (χ4v) is 6.42. The first kappa shape index (κ1) is 23.3. The molecule has 2 aromatic rings. The largest absolute Gasteiger partial charge is 0.379 e. The number of amides is 1. The van der Waals surface area contributed by atoms with Crippen molar-refractivity contribution in [1.29, 1.82) is 0 Å². The summed E-state index contributed by atoms with van der Waals surface area (Å²) in [5.74, 6) is -0.129. The molecule has 10 heteroatoms. The minimum Gasteiger partial charge on any atom is -0.379 e. The SMILES string of the molecule is Cc1ccc(NC(=O)CN2CCN(Cc3cccs3)CC2)cc1S(=O)(=O)N1CCOCC1. The van der Waals surface area contributed by atoms with Crippen molar-refractivity contribution >= 4 is 33.0 Å². The van der Waals surface area contributed by atoms with Crippen LogP contribution in [0.5, 0.6) is 0 Å². The van der Waals surface area contributed by atoms with E-state index >= 15 is 0 Å². The van der Waals surface area contributed by atoms with Gasteiger partial charge in [-0.1, -0.05) is 12.1 Å². The third-order valence-corrected chi connectivity index (χ3v) is 8.75. The van der Waals surface area contributed by atoms with Gasteiger partial charge in [-0.2, -0.15) is 4.31 Å². The number of nitrogens with zero attached hydrogens (tertiary/aromatic N) is 3. The van der Waals surface area contributed by atoms with Crippen LogP contribution in [0.25, 0.3) is 0 Å². The monoisotopic (exact) mass is 478 g/mol. The van der Waals surface area contributed by atoms with E-state index < -0.39 is 10.0 Å². The molecule has 0 aliphatic carbocycles. The third kappa shape index (κ3) is 5.75. The second kappa shape index (κ2) is 10.4. The Balaban J connectivity index is 1.32. The van der Waals surface area contributed by atoms with Gasteiger partial charge in [0.05, 0.1) is 24.7 Å². The highest BCUT2D eigenvalue weighted by molar-refractivity contribution is 7.89. The summed E-state index contributed by atoms with van der Waals surface area (Å²) in [5.41, 5.74) is 1.17. The number of sulfonamides is 1. The lowest BCUT2D eigenvalue weighted by Crippen LogP contribution is -2.48. The van der Waals surface area contributed by atoms with E-state index in [0.29, 0.717) is 44.1 Å². The maximum atomic E-state index is 13.1. The number of carbonyl (C=O) groups excluding carboxylic acids is 1. The number of hydrogen-bond acceptors (Lipinski definition) is 7. The van der Waals surface area contributed by atoms with E-state index in [1.807, 2.05) is 0 Å². The Bertz CT molecular complexity index is 1010. The molecule has 0 spiro atoms. The van der Waals surface area contributed by atoms with Gasteiger partial charge >= 0.3 is 0 Å². The van der Waals surface area contributed by atoms with Crippen LogP contribution in [0.2, 0.25) is 0 Å². The number of benzene rings is 1. The van der Waals surface area contributed by atoms with E-state index in [1.54, 1.807) is 36.5 Å². The highest BCUT2D eigenvalue weighted by Gasteiger charge is 2.28. The smallest absolute Gasteiger partial charge is 0.243 e. The van der Waals surface area contributed by atoms with Crippen LogP contribution in [0.1, 0.15) is 10.4 Å². The van der Waals surface area contributed by atoms with Crippen LogP contribution < -0.4 is 5.32 Å². The van der Waals surface area contributed by atoms with Crippen LogP contribution in [-0.2, 0) is 26.1 Å². The van der Waals surface area contributed by atoms with Gasteiger partial charge in [0.15, 0.2) is 0 Å². The number of rotatable bonds is 7. The zero-order chi connectivity index (χ0) is 22.6. The molecule has 2 aliphatic rings. The molecular formula is C22H30N4O4S2. The number of ether oxygens (including phenoxy) is 1. The number of anilines is 1. The molecule has 2 saturated heterocycles. The summed E-state index contributed by atoms with van der Waals surface area (Å²) in [7, 11) is -3.62. The van der Waals surface area contributed by atoms with Crippen LogP contribution in [0.3, 0.4) is 0 Å². The Hall–Kier alpha value is -1.82. The summed E-state index contributed by atoms with van der Waals surface area (Å²) in [4.78, 5) is 18.8. The number of nitrogens with one attached hydrogen (secondary N) is 1. The molecule has 2 aliphatic heterocycles. The average Bonchev–Trinajstić information content (AvgIpc) is 3.30. The Morgan fingerprint density at radius 2 is 1.78 bits per heavy atom. The van der Waals surface area contributed by atoms with Gasteiger partial charge in [0, 0.05) is 56.4 Å². The summed E-state index contributed by atoms with van der Waals surface area (Å²) in [6.45, 7) is 8.04. The maximum absolute atomic E-state index is 13.1. The van der Waals surface area contributed by atoms with Crippen molar-refractivity contribution in [2.75, 3.05) is 64.3 Å². The van der Waals surface area contributed by atoms with Gasteiger partial charge in [0.25, 0.3) is 0 Å². The summed E-state index contributed by atoms with van der Waals surface area (Å²) in [6.07, 6.45) is 0. The van der Waals surface area contributed by atoms with Crippen LogP contribution in [0.15, 0.2) is 40.6 Å². The maximum Gasteiger partial charge on any atom is 0.243 e. The molecule has 4 rings (SSSR count). The van der Waals surface area contributed by atoms with Crippen molar-refractivity contribution in [3.05, 3.63) is 46.2 Å². The summed E-state index contributed by atoms with van der Waals surface area (Å²) in [5, 5.41) is 4.98. The predicted octanol–water partition coefficient (Wildman–Crippen LogP) is 1.83. The Labute approximate surface area is 193 Å². The number of piperazine rings is 1. The highest BCUT2D eigenvalue weighted by Crippen LogP contribution is 2.24. The molecule has 32 heavy (non-hydrogen) atoms. The zero-order valence-electron chi connectivity index (χ0n) is 18.3. The molecule has 1 aromatic carbocycles. The van der Waals surface area contributed by atoms with Crippen LogP contribution in [0.4, 0.5) is 5.69 Å². The van der Waals surface area contributed by atoms with Crippen molar-refractivity contribution in [1.82, 2.24) is 14.1 Å². The number of aryl methyl sites for hydroxylation is 1. The minimum atomic E-state index is -3.62. The van der Waals surface area contributed by atoms with E-state index in [2.05, 4.69) is 32.6 Å². The lowest BCUT2D eigenvalue weighted by Gasteiger charge is -2.34. The van der Waals surface area contributed by atoms with Gasteiger partial charge in [-0.3, -0.25) is 14.6 Å². The molecule has 0 saturated carbocycles. The molecular weight excluding hydrogens is 448 g/mol. The van der Waals surface area contributed by atoms with Gasteiger partial charge in [-0.15, -0.1) is 11.3 Å². The first-order valence-electron chi connectivity index (χ1n) is 10.9. The van der Waals surface area contributed by atoms with Crippen molar-refractivity contribution < 1.29 is 17.9 Å². The Morgan fingerprint density at radius 3 is 2.47 bits per heavy atom. The van der Waals surface area contributed by atoms with Gasteiger partial charge in [-0.05, 0) is 36.1 Å². The van der Waals surface area contributed by atoms with Crippen molar-refractivity contribution in [2.45, 2.75) is 18.4 Å². The van der Waals surface area contributed by atoms with Gasteiger partial charge in [0.2, 0.25) is 15.9 Å². The standard InChI is InChI=1S/C22H30N4O4S2/c1-18-4-5-19(15-21(18)32(28,29)26-10-12-30-13-11-26)23-22(27)17-25-8-6-24(7-9-25)16-20-3-2-14-31-20/h2-5,14-15H,6-13,16-17H2,1H3,(H,23,27). The molecule has 0 unspecified atom stereocenters. The molecule has 3 heterocycles. The molecule has 1 amide bonds. The van der Waals surface area contributed by atoms with Gasteiger partial charge in [0.1, 0.15) is 0 Å². The number of hydrogen-bond donors (Lipinski definition) is 1. The van der Waals surface area contributed by atoms with Gasteiger partial charge < -0.3 is 10.1 Å². The topological polar surface area (TPSA) is 82.2 Å². The van der Waals surface area contributed by atoms with E-state index in [0.717, 1.165) is 32.7 Å². The Morgan fingerprint density at radius 1 is 1.06 bits per heavy atom. The van der Waals surface area contributed by atoms with E-state index in [-0.39, 0.29) is 10.8 Å². The summed E-state index contributed by atoms with van der Waals surface area (Å²) < 4.78 is 32.8. The molecule has 2 fully saturated rings. The third-order valence-electron chi connectivity index (χ3n) is 5.85. The number of carbonyl (C=O) groups is 1. The van der Waals surface area contributed by atoms with E-state index in [9.17, 15) is 13.2 Å². The second-order valence-electron chi connectivity index (χ2n) is 8.18. The zero-order valence-corrected chi connectivity index (χ0v) is 20.0. The van der Waals surface area contributed by atoms with Crippen molar-refractivity contribution in [3.63, 3.8) is 0 Å². The molecule has 0 bridgehead atoms. The first-order chi connectivity index (χ1) is 15.4. The Kier molecular flexibility index (Phi) is 7.59. The van der Waals surface area contributed by atoms with Gasteiger partial charge in [-0.25, -0.2) is 8.42 Å². The fourth-order valence-electron chi connectivity index (χ4n) is 4.01. The normalized spacial score (nSPS) is 19.2. The van der Waals surface area contributed by atoms with Crippen molar-refractivity contribution in [3.8, 4) is 0 Å². The molecule has 0 atom stereocenters. The van der Waals surface area contributed by atoms with Crippen LogP contribution in [0, 0.1) is 6.92 Å². The molecule has 1 aromatic heterocycles. The van der Waals surface area contributed by atoms with Crippen LogP contribution in [-0.4, -0.2) is 87.5 Å². The molecule has 174 valence electrons. The lowest BCUT2D eigenvalue weighted by atomic mass is 10.2. The number of morpholine rings is 1.